The number of halogens is 1. The van der Waals surface area contributed by atoms with Crippen LogP contribution in [0.25, 0.3) is 11.4 Å². The number of likely N-dealkylation sites (tertiary alicyclic amines) is 1. The number of rotatable bonds is 3. The van der Waals surface area contributed by atoms with Crippen LogP contribution in [0.15, 0.2) is 36.5 Å². The summed E-state index contributed by atoms with van der Waals surface area (Å²) in [5, 5.41) is 0. The number of carbonyl (C=O) groups is 1. The summed E-state index contributed by atoms with van der Waals surface area (Å²) in [5.74, 6) is 1.54. The fourth-order valence-electron chi connectivity index (χ4n) is 5.40. The number of carbonyl (C=O) groups excluding carboxylic acids is 1. The summed E-state index contributed by atoms with van der Waals surface area (Å²) in [4.78, 5) is 24.6. The molecule has 172 valence electrons. The van der Waals surface area contributed by atoms with Crippen LogP contribution in [0, 0.1) is 5.92 Å². The van der Waals surface area contributed by atoms with E-state index in [1.54, 1.807) is 0 Å². The van der Waals surface area contributed by atoms with Crippen LogP contribution in [0.5, 0.6) is 0 Å². The Labute approximate surface area is 196 Å². The summed E-state index contributed by atoms with van der Waals surface area (Å²) in [7, 11) is 0. The molecule has 1 amide bonds. The maximum Gasteiger partial charge on any atom is 0.222 e. The van der Waals surface area contributed by atoms with Crippen molar-refractivity contribution < 1.29 is 9.53 Å². The summed E-state index contributed by atoms with van der Waals surface area (Å²) in [6.45, 7) is 2.15. The Morgan fingerprint density at radius 1 is 1.12 bits per heavy atom. The maximum atomic E-state index is 12.9. The Morgan fingerprint density at radius 2 is 1.84 bits per heavy atom. The molecule has 0 bridgehead atoms. The second-order valence-corrected chi connectivity index (χ2v) is 9.39. The van der Waals surface area contributed by atoms with Gasteiger partial charge in [-0.1, -0.05) is 30.3 Å². The van der Waals surface area contributed by atoms with E-state index in [2.05, 4.69) is 4.98 Å². The third-order valence-corrected chi connectivity index (χ3v) is 7.36. The molecular weight excluding hydrogens is 424 g/mol. The largest absolute Gasteiger partial charge is 0.368 e. The van der Waals surface area contributed by atoms with Crippen molar-refractivity contribution in [2.75, 3.05) is 19.7 Å². The van der Waals surface area contributed by atoms with Gasteiger partial charge in [0.15, 0.2) is 5.82 Å². The van der Waals surface area contributed by atoms with Crippen LogP contribution < -0.4 is 5.73 Å². The fraction of sp³-hybridized carbons (Fsp3) is 0.560. The van der Waals surface area contributed by atoms with Gasteiger partial charge in [0, 0.05) is 37.3 Å². The molecule has 2 N–H and O–H groups in total. The number of benzene rings is 1. The van der Waals surface area contributed by atoms with Crippen molar-refractivity contribution in [1.82, 2.24) is 14.9 Å². The van der Waals surface area contributed by atoms with E-state index < -0.39 is 5.60 Å². The monoisotopic (exact) mass is 456 g/mol. The van der Waals surface area contributed by atoms with Crippen molar-refractivity contribution >= 4 is 18.3 Å². The molecule has 3 heterocycles. The third kappa shape index (κ3) is 4.68. The fourth-order valence-corrected chi connectivity index (χ4v) is 5.40. The molecule has 0 unspecified atom stereocenters. The van der Waals surface area contributed by atoms with Gasteiger partial charge in [-0.3, -0.25) is 4.79 Å². The number of amides is 1. The standard InChI is InChI=1S/C25H32N4O2.ClH/c26-21-8-6-18(7-9-21)16-22(30)29-13-11-25(12-14-29)23-20(10-15-31-25)17-27-24(28-23)19-4-2-1-3-5-19;/h1-5,17-18,21H,6-16,26H2;1H. The topological polar surface area (TPSA) is 81.3 Å². The van der Waals surface area contributed by atoms with E-state index >= 15 is 0 Å². The molecule has 1 aromatic heterocycles. The number of ether oxygens (including phenoxy) is 1. The van der Waals surface area contributed by atoms with E-state index in [9.17, 15) is 4.79 Å². The smallest absolute Gasteiger partial charge is 0.222 e. The summed E-state index contributed by atoms with van der Waals surface area (Å²) in [6, 6.07) is 10.4. The summed E-state index contributed by atoms with van der Waals surface area (Å²) < 4.78 is 6.37. The molecular formula is C25H33ClN4O2. The second kappa shape index (κ2) is 9.86. The van der Waals surface area contributed by atoms with Crippen molar-refractivity contribution in [1.29, 1.82) is 0 Å². The number of fused-ring (bicyclic) bond motifs is 2. The Morgan fingerprint density at radius 3 is 2.56 bits per heavy atom. The molecule has 2 fully saturated rings. The van der Waals surface area contributed by atoms with E-state index in [0.29, 0.717) is 30.9 Å². The zero-order valence-electron chi connectivity index (χ0n) is 18.5. The number of nitrogens with two attached hydrogens (primary N) is 1. The number of nitrogens with zero attached hydrogens (tertiary/aromatic N) is 3. The van der Waals surface area contributed by atoms with Crippen LogP contribution in [0.3, 0.4) is 0 Å². The van der Waals surface area contributed by atoms with E-state index in [1.165, 1.54) is 5.56 Å². The average Bonchev–Trinajstić information content (AvgIpc) is 2.82. The first kappa shape index (κ1) is 23.1. The van der Waals surface area contributed by atoms with Crippen LogP contribution in [-0.4, -0.2) is 46.5 Å². The van der Waals surface area contributed by atoms with Gasteiger partial charge in [-0.15, -0.1) is 12.4 Å². The Balaban J connectivity index is 0.00000245. The molecule has 0 radical (unpaired) electrons. The molecule has 6 nitrogen and oxygen atoms in total. The van der Waals surface area contributed by atoms with Gasteiger partial charge in [0.25, 0.3) is 0 Å². The van der Waals surface area contributed by atoms with Gasteiger partial charge < -0.3 is 15.4 Å². The molecule has 7 heteroatoms. The van der Waals surface area contributed by atoms with Crippen molar-refractivity contribution in [2.45, 2.75) is 63.0 Å². The van der Waals surface area contributed by atoms with Crippen molar-refractivity contribution in [3.63, 3.8) is 0 Å². The molecule has 32 heavy (non-hydrogen) atoms. The van der Waals surface area contributed by atoms with Crippen LogP contribution in [0.4, 0.5) is 0 Å². The van der Waals surface area contributed by atoms with Gasteiger partial charge in [-0.25, -0.2) is 9.97 Å². The molecule has 1 saturated carbocycles. The Bertz CT molecular complexity index is 923. The lowest BCUT2D eigenvalue weighted by molar-refractivity contribution is -0.142. The normalized spacial score (nSPS) is 24.5. The van der Waals surface area contributed by atoms with Crippen LogP contribution in [0.2, 0.25) is 0 Å². The molecule has 2 aliphatic heterocycles. The minimum atomic E-state index is -0.394. The van der Waals surface area contributed by atoms with Crippen LogP contribution in [-0.2, 0) is 21.6 Å². The first-order valence-corrected chi connectivity index (χ1v) is 11.7. The molecule has 2 aromatic rings. The summed E-state index contributed by atoms with van der Waals surface area (Å²) >= 11 is 0. The highest BCUT2D eigenvalue weighted by Crippen LogP contribution is 2.41. The highest BCUT2D eigenvalue weighted by atomic mass is 35.5. The average molecular weight is 457 g/mol. The van der Waals surface area contributed by atoms with Crippen LogP contribution in [0.1, 0.15) is 56.2 Å². The second-order valence-electron chi connectivity index (χ2n) is 9.39. The minimum absolute atomic E-state index is 0. The first-order chi connectivity index (χ1) is 15.1. The predicted molar refractivity (Wildman–Crippen MR) is 126 cm³/mol. The van der Waals surface area contributed by atoms with Gasteiger partial charge in [0.2, 0.25) is 5.91 Å². The van der Waals surface area contributed by atoms with Crippen molar-refractivity contribution in [3.05, 3.63) is 47.8 Å². The minimum Gasteiger partial charge on any atom is -0.368 e. The lowest BCUT2D eigenvalue weighted by Gasteiger charge is -2.44. The van der Waals surface area contributed by atoms with E-state index in [0.717, 1.165) is 75.1 Å². The lowest BCUT2D eigenvalue weighted by atomic mass is 9.82. The van der Waals surface area contributed by atoms with Gasteiger partial charge in [-0.05, 0) is 56.4 Å². The molecule has 0 atom stereocenters. The number of hydrogen-bond acceptors (Lipinski definition) is 5. The number of hydrogen-bond donors (Lipinski definition) is 1. The van der Waals surface area contributed by atoms with E-state index in [4.69, 9.17) is 15.5 Å². The van der Waals surface area contributed by atoms with Crippen molar-refractivity contribution in [3.8, 4) is 11.4 Å². The zero-order valence-corrected chi connectivity index (χ0v) is 19.4. The predicted octanol–water partition coefficient (Wildman–Crippen LogP) is 3.86. The van der Waals surface area contributed by atoms with Crippen molar-refractivity contribution in [2.24, 2.45) is 11.7 Å². The van der Waals surface area contributed by atoms with Gasteiger partial charge in [0.1, 0.15) is 5.60 Å². The molecule has 1 aromatic carbocycles. The molecule has 1 saturated heterocycles. The quantitative estimate of drug-likeness (QED) is 0.758. The van der Waals surface area contributed by atoms with Gasteiger partial charge >= 0.3 is 0 Å². The van der Waals surface area contributed by atoms with Gasteiger partial charge in [-0.2, -0.15) is 0 Å². The van der Waals surface area contributed by atoms with Crippen LogP contribution >= 0.6 is 12.4 Å². The zero-order chi connectivity index (χ0) is 21.3. The number of aromatic nitrogens is 2. The Hall–Kier alpha value is -2.02. The maximum absolute atomic E-state index is 12.9. The highest BCUT2D eigenvalue weighted by Gasteiger charge is 2.43. The van der Waals surface area contributed by atoms with E-state index in [-0.39, 0.29) is 12.4 Å². The number of piperidine rings is 1. The van der Waals surface area contributed by atoms with Gasteiger partial charge in [0.05, 0.1) is 12.3 Å². The molecule has 5 rings (SSSR count). The summed E-state index contributed by atoms with van der Waals surface area (Å²) in [5.41, 5.74) is 8.85. The Kier molecular flexibility index (Phi) is 7.13. The highest BCUT2D eigenvalue weighted by molar-refractivity contribution is 5.85. The third-order valence-electron chi connectivity index (χ3n) is 7.36. The lowest BCUT2D eigenvalue weighted by Crippen LogP contribution is -2.49. The first-order valence-electron chi connectivity index (χ1n) is 11.7. The molecule has 3 aliphatic rings. The SMILES string of the molecule is Cl.NC1CCC(CC(=O)N2CCC3(CC2)OCCc2cnc(-c4ccccc4)nc23)CC1. The molecule has 1 spiro atoms. The molecule has 1 aliphatic carbocycles. The van der Waals surface area contributed by atoms with E-state index in [1.807, 2.05) is 41.4 Å². The summed E-state index contributed by atoms with van der Waals surface area (Å²) in [6.07, 6.45) is 9.35.